The number of carbonyl (C=O) groups is 2. The lowest BCUT2D eigenvalue weighted by Gasteiger charge is -2.21. The van der Waals surface area contributed by atoms with Crippen LogP contribution in [0, 0.1) is 5.92 Å². The Labute approximate surface area is 164 Å². The number of nitrogens with zero attached hydrogens (tertiary/aromatic N) is 1. The van der Waals surface area contributed by atoms with Gasteiger partial charge in [-0.15, -0.1) is 0 Å². The molecule has 1 unspecified atom stereocenters. The maximum absolute atomic E-state index is 12.8. The Hall–Kier alpha value is -1.53. The van der Waals surface area contributed by atoms with E-state index in [2.05, 4.69) is 0 Å². The van der Waals surface area contributed by atoms with Gasteiger partial charge in [-0.2, -0.15) is 4.31 Å². The third kappa shape index (κ3) is 6.25. The number of Topliss-reactive ketones (excluding diaryl/α,β-unsaturated/α-hetero) is 2. The second-order valence-electron chi connectivity index (χ2n) is 6.85. The molecule has 0 amide bonds. The summed E-state index contributed by atoms with van der Waals surface area (Å²) in [5.74, 6) is -0.870. The van der Waals surface area contributed by atoms with E-state index in [4.69, 9.17) is 0 Å². The second kappa shape index (κ2) is 11.3. The number of carbonyl (C=O) groups excluding carboxylic acids is 2. The van der Waals surface area contributed by atoms with Gasteiger partial charge in [0.05, 0.1) is 10.8 Å². The van der Waals surface area contributed by atoms with Crippen molar-refractivity contribution < 1.29 is 18.0 Å². The summed E-state index contributed by atoms with van der Waals surface area (Å²) in [5, 5.41) is 0. The number of sulfonamides is 1. The number of ketones is 2. The van der Waals surface area contributed by atoms with Crippen LogP contribution in [0.15, 0.2) is 29.2 Å². The highest BCUT2D eigenvalue weighted by Crippen LogP contribution is 2.21. The molecule has 1 rings (SSSR count). The van der Waals surface area contributed by atoms with Gasteiger partial charge in [-0.25, -0.2) is 8.42 Å². The molecule has 0 saturated carbocycles. The quantitative estimate of drug-likeness (QED) is 0.365. The van der Waals surface area contributed by atoms with Crippen LogP contribution in [0.2, 0.25) is 0 Å². The fraction of sp³-hybridized carbons (Fsp3) is 0.619. The van der Waals surface area contributed by atoms with Gasteiger partial charge in [0.1, 0.15) is 5.78 Å². The third-order valence-corrected chi connectivity index (χ3v) is 6.41. The molecule has 0 aliphatic heterocycles. The van der Waals surface area contributed by atoms with Crippen molar-refractivity contribution in [3.05, 3.63) is 29.8 Å². The smallest absolute Gasteiger partial charge is 0.243 e. The molecule has 0 fully saturated rings. The van der Waals surface area contributed by atoms with Crippen molar-refractivity contribution in [3.63, 3.8) is 0 Å². The van der Waals surface area contributed by atoms with Crippen LogP contribution in [0.3, 0.4) is 0 Å². The number of hydrogen-bond acceptors (Lipinski definition) is 4. The first-order chi connectivity index (χ1) is 12.8. The molecule has 6 heteroatoms. The highest BCUT2D eigenvalue weighted by Gasteiger charge is 2.27. The van der Waals surface area contributed by atoms with E-state index < -0.39 is 15.9 Å². The molecule has 0 spiro atoms. The number of hydrogen-bond donors (Lipinski definition) is 0. The highest BCUT2D eigenvalue weighted by atomic mass is 32.2. The molecule has 27 heavy (non-hydrogen) atoms. The molecule has 0 radical (unpaired) electrons. The zero-order valence-corrected chi connectivity index (χ0v) is 17.8. The fourth-order valence-corrected chi connectivity index (χ4v) is 4.76. The molecule has 1 aromatic carbocycles. The zero-order valence-electron chi connectivity index (χ0n) is 17.0. The lowest BCUT2D eigenvalue weighted by Crippen LogP contribution is -2.32. The topological polar surface area (TPSA) is 71.5 Å². The normalized spacial score (nSPS) is 12.9. The van der Waals surface area contributed by atoms with E-state index in [9.17, 15) is 18.0 Å². The van der Waals surface area contributed by atoms with Gasteiger partial charge in [0.15, 0.2) is 5.78 Å². The van der Waals surface area contributed by atoms with Crippen LogP contribution in [0.1, 0.15) is 76.6 Å². The Morgan fingerprint density at radius 3 is 1.89 bits per heavy atom. The van der Waals surface area contributed by atoms with Gasteiger partial charge in [-0.05, 0) is 37.8 Å². The summed E-state index contributed by atoms with van der Waals surface area (Å²) in [5.41, 5.74) is 0.398. The SMILES string of the molecule is CCCC(=O)C(CCC)C(=O)c1ccc(S(=O)(=O)N(CCC)CCC)cc1. The molecule has 0 aliphatic rings. The summed E-state index contributed by atoms with van der Waals surface area (Å²) in [4.78, 5) is 25.2. The molecule has 1 atom stereocenters. The van der Waals surface area contributed by atoms with Crippen molar-refractivity contribution >= 4 is 21.6 Å². The van der Waals surface area contributed by atoms with E-state index in [0.717, 1.165) is 19.3 Å². The summed E-state index contributed by atoms with van der Waals surface area (Å²) in [6.07, 6.45) is 3.88. The predicted molar refractivity (Wildman–Crippen MR) is 108 cm³/mol. The van der Waals surface area contributed by atoms with Crippen molar-refractivity contribution in [2.24, 2.45) is 5.92 Å². The van der Waals surface area contributed by atoms with Gasteiger partial charge in [-0.3, -0.25) is 9.59 Å². The van der Waals surface area contributed by atoms with E-state index in [-0.39, 0.29) is 16.5 Å². The zero-order chi connectivity index (χ0) is 20.4. The molecule has 0 bridgehead atoms. The lowest BCUT2D eigenvalue weighted by molar-refractivity contribution is -0.121. The van der Waals surface area contributed by atoms with Crippen molar-refractivity contribution in [1.82, 2.24) is 4.31 Å². The minimum absolute atomic E-state index is 0.0295. The Kier molecular flexibility index (Phi) is 9.88. The summed E-state index contributed by atoms with van der Waals surface area (Å²) < 4.78 is 27.1. The number of benzene rings is 1. The Bertz CT molecular complexity index is 704. The molecule has 0 aliphatic carbocycles. The Morgan fingerprint density at radius 1 is 0.889 bits per heavy atom. The van der Waals surface area contributed by atoms with Crippen LogP contribution in [0.25, 0.3) is 0 Å². The second-order valence-corrected chi connectivity index (χ2v) is 8.79. The van der Waals surface area contributed by atoms with E-state index in [1.807, 2.05) is 27.7 Å². The van der Waals surface area contributed by atoms with E-state index >= 15 is 0 Å². The molecule has 0 heterocycles. The van der Waals surface area contributed by atoms with Gasteiger partial charge in [0, 0.05) is 25.1 Å². The van der Waals surface area contributed by atoms with Crippen molar-refractivity contribution in [1.29, 1.82) is 0 Å². The molecule has 1 aromatic rings. The molecule has 152 valence electrons. The molecule has 0 saturated heterocycles. The van der Waals surface area contributed by atoms with Crippen molar-refractivity contribution in [3.8, 4) is 0 Å². The predicted octanol–water partition coefficient (Wildman–Crippen LogP) is 4.47. The van der Waals surface area contributed by atoms with Gasteiger partial charge < -0.3 is 0 Å². The monoisotopic (exact) mass is 395 g/mol. The van der Waals surface area contributed by atoms with Gasteiger partial charge in [0.25, 0.3) is 0 Å². The van der Waals surface area contributed by atoms with Crippen LogP contribution < -0.4 is 0 Å². The van der Waals surface area contributed by atoms with Gasteiger partial charge in [-0.1, -0.05) is 46.2 Å². The van der Waals surface area contributed by atoms with Crippen LogP contribution in [-0.4, -0.2) is 37.4 Å². The van der Waals surface area contributed by atoms with E-state index in [1.54, 1.807) is 0 Å². The molecule has 0 N–H and O–H groups in total. The van der Waals surface area contributed by atoms with Crippen LogP contribution in [-0.2, 0) is 14.8 Å². The highest BCUT2D eigenvalue weighted by molar-refractivity contribution is 7.89. The Morgan fingerprint density at radius 2 is 1.44 bits per heavy atom. The van der Waals surface area contributed by atoms with Crippen molar-refractivity contribution in [2.45, 2.75) is 71.1 Å². The molecule has 5 nitrogen and oxygen atoms in total. The van der Waals surface area contributed by atoms with Gasteiger partial charge >= 0.3 is 0 Å². The average Bonchev–Trinajstić information content (AvgIpc) is 2.65. The fourth-order valence-electron chi connectivity index (χ4n) is 3.14. The number of rotatable bonds is 13. The summed E-state index contributed by atoms with van der Waals surface area (Å²) >= 11 is 0. The first kappa shape index (κ1) is 23.5. The minimum Gasteiger partial charge on any atom is -0.299 e. The summed E-state index contributed by atoms with van der Waals surface area (Å²) in [6, 6.07) is 6.03. The average molecular weight is 396 g/mol. The van der Waals surface area contributed by atoms with Crippen LogP contribution in [0.4, 0.5) is 0 Å². The Balaban J connectivity index is 3.08. The standard InChI is InChI=1S/C21H33NO4S/c1-5-9-19(20(23)10-6-2)21(24)17-11-13-18(14-12-17)27(25,26)22(15-7-3)16-8-4/h11-14,19H,5-10,15-16H2,1-4H3. The van der Waals surface area contributed by atoms with Crippen LogP contribution >= 0.6 is 0 Å². The first-order valence-electron chi connectivity index (χ1n) is 10.00. The third-order valence-electron chi connectivity index (χ3n) is 4.50. The van der Waals surface area contributed by atoms with E-state index in [0.29, 0.717) is 37.9 Å². The van der Waals surface area contributed by atoms with E-state index in [1.165, 1.54) is 28.6 Å². The minimum atomic E-state index is -3.57. The largest absolute Gasteiger partial charge is 0.299 e. The summed E-state index contributed by atoms with van der Waals surface area (Å²) in [7, 11) is -3.57. The summed E-state index contributed by atoms with van der Waals surface area (Å²) in [6.45, 7) is 8.71. The molecular weight excluding hydrogens is 362 g/mol. The van der Waals surface area contributed by atoms with Crippen LogP contribution in [0.5, 0.6) is 0 Å². The first-order valence-corrected chi connectivity index (χ1v) is 11.4. The molecular formula is C21H33NO4S. The van der Waals surface area contributed by atoms with Crippen molar-refractivity contribution in [2.75, 3.05) is 13.1 Å². The maximum atomic E-state index is 12.8. The molecule has 0 aromatic heterocycles. The maximum Gasteiger partial charge on any atom is 0.243 e. The lowest BCUT2D eigenvalue weighted by atomic mass is 9.88. The van der Waals surface area contributed by atoms with Gasteiger partial charge in [0.2, 0.25) is 10.0 Å².